The third-order valence-electron chi connectivity index (χ3n) is 7.09. The fourth-order valence-electron chi connectivity index (χ4n) is 5.14. The van der Waals surface area contributed by atoms with Crippen molar-refractivity contribution in [1.29, 1.82) is 0 Å². The van der Waals surface area contributed by atoms with Crippen LogP contribution in [0, 0.1) is 0 Å². The van der Waals surface area contributed by atoms with Gasteiger partial charge in [0.1, 0.15) is 12.6 Å². The summed E-state index contributed by atoms with van der Waals surface area (Å²) in [6.45, 7) is 4.80. The predicted octanol–water partition coefficient (Wildman–Crippen LogP) is 7.37. The van der Waals surface area contributed by atoms with E-state index in [9.17, 15) is 0 Å². The van der Waals surface area contributed by atoms with E-state index in [1.54, 1.807) is 5.56 Å². The number of nitrogens with zero attached hydrogens (tertiary/aromatic N) is 2. The molecule has 0 bridgehead atoms. The first-order valence-electron chi connectivity index (χ1n) is 12.9. The van der Waals surface area contributed by atoms with Crippen LogP contribution in [0.25, 0.3) is 0 Å². The number of hydrogen-bond acceptors (Lipinski definition) is 0. The molecule has 0 spiro atoms. The van der Waals surface area contributed by atoms with Crippen molar-refractivity contribution < 1.29 is 9.05 Å². The van der Waals surface area contributed by atoms with Crippen molar-refractivity contribution >= 4 is 0 Å². The van der Waals surface area contributed by atoms with Gasteiger partial charge in [-0.3, -0.25) is 0 Å². The number of quaternary nitrogens is 1. The number of pyridine rings is 1. The number of hydrogen-bond donors (Lipinski definition) is 0. The van der Waals surface area contributed by atoms with E-state index < -0.39 is 0 Å². The first-order chi connectivity index (χ1) is 14.1. The van der Waals surface area contributed by atoms with Crippen LogP contribution in [0.15, 0.2) is 24.5 Å². The Kier molecular flexibility index (Phi) is 11.9. The number of unbranched alkanes of at least 4 members (excludes halogenated alkanes) is 13. The summed E-state index contributed by atoms with van der Waals surface area (Å²) in [6.07, 6.45) is 27.5. The van der Waals surface area contributed by atoms with Gasteiger partial charge < -0.3 is 4.48 Å². The summed E-state index contributed by atoms with van der Waals surface area (Å²) in [5.41, 5.74) is 1.54. The summed E-state index contributed by atoms with van der Waals surface area (Å²) < 4.78 is 3.59. The van der Waals surface area contributed by atoms with Crippen LogP contribution in [0.4, 0.5) is 0 Å². The highest BCUT2D eigenvalue weighted by molar-refractivity contribution is 5.10. The first-order valence-corrected chi connectivity index (χ1v) is 12.9. The maximum Gasteiger partial charge on any atom is 0.177 e. The van der Waals surface area contributed by atoms with Crippen molar-refractivity contribution in [3.8, 4) is 0 Å². The number of aryl methyl sites for hydroxylation is 1. The van der Waals surface area contributed by atoms with Crippen LogP contribution in [0.3, 0.4) is 0 Å². The number of likely N-dealkylation sites (tertiary alicyclic amines) is 1. The molecule has 0 amide bonds. The Hall–Kier alpha value is -0.890. The molecule has 0 aromatic carbocycles. The standard InChI is InChI=1S/C27H50N2/c1-4-5-6-7-8-9-10-11-12-13-14-15-16-17-22-28-23-18-20-26(25-28)27-21-19-24-29(27,2)3/h18,20,23,25,27H,4-17,19,21-22,24H2,1-3H3/q+2/t27-/m0/s1. The Morgan fingerprint density at radius 3 is 1.90 bits per heavy atom. The van der Waals surface area contributed by atoms with Gasteiger partial charge in [0.25, 0.3) is 0 Å². The molecule has 1 aliphatic rings. The minimum atomic E-state index is 0.693. The van der Waals surface area contributed by atoms with E-state index in [-0.39, 0.29) is 0 Å². The second-order valence-corrected chi connectivity index (χ2v) is 10.1. The maximum atomic E-state index is 2.44. The smallest absolute Gasteiger partial charge is 0.177 e. The fourth-order valence-corrected chi connectivity index (χ4v) is 5.14. The first kappa shape index (κ1) is 24.4. The molecule has 1 aromatic rings. The van der Waals surface area contributed by atoms with E-state index >= 15 is 0 Å². The monoisotopic (exact) mass is 402 g/mol. The third-order valence-corrected chi connectivity index (χ3v) is 7.09. The van der Waals surface area contributed by atoms with Gasteiger partial charge in [-0.25, -0.2) is 4.57 Å². The van der Waals surface area contributed by atoms with Gasteiger partial charge in [-0.05, 0) is 12.5 Å². The second-order valence-electron chi connectivity index (χ2n) is 10.1. The molecule has 2 heterocycles. The predicted molar refractivity (Wildman–Crippen MR) is 126 cm³/mol. The molecule has 0 N–H and O–H groups in total. The van der Waals surface area contributed by atoms with Crippen LogP contribution < -0.4 is 4.57 Å². The Morgan fingerprint density at radius 2 is 1.38 bits per heavy atom. The van der Waals surface area contributed by atoms with Crippen LogP contribution in [0.2, 0.25) is 0 Å². The minimum absolute atomic E-state index is 0.693. The topological polar surface area (TPSA) is 3.88 Å². The third kappa shape index (κ3) is 9.64. The van der Waals surface area contributed by atoms with Crippen LogP contribution in [-0.4, -0.2) is 25.1 Å². The minimum Gasteiger partial charge on any atom is -0.322 e. The Balaban J connectivity index is 1.46. The lowest BCUT2D eigenvalue weighted by molar-refractivity contribution is -0.908. The number of aromatic nitrogens is 1. The molecule has 166 valence electrons. The summed E-state index contributed by atoms with van der Waals surface area (Å²) in [6, 6.07) is 5.30. The molecular formula is C27H50N2+2. The van der Waals surface area contributed by atoms with Crippen molar-refractivity contribution in [2.45, 2.75) is 122 Å². The second kappa shape index (κ2) is 14.2. The lowest BCUT2D eigenvalue weighted by Crippen LogP contribution is -2.40. The summed E-state index contributed by atoms with van der Waals surface area (Å²) in [4.78, 5) is 0. The normalized spacial score (nSPS) is 18.4. The zero-order valence-electron chi connectivity index (χ0n) is 20.0. The van der Waals surface area contributed by atoms with Crippen molar-refractivity contribution in [2.75, 3.05) is 20.6 Å². The molecule has 1 saturated heterocycles. The molecule has 1 aromatic heterocycles. The van der Waals surface area contributed by atoms with Crippen LogP contribution in [0.1, 0.15) is 121 Å². The summed E-state index contributed by atoms with van der Waals surface area (Å²) in [5, 5.41) is 0. The van der Waals surface area contributed by atoms with Crippen molar-refractivity contribution in [3.63, 3.8) is 0 Å². The van der Waals surface area contributed by atoms with Gasteiger partial charge in [-0.1, -0.05) is 84.0 Å². The van der Waals surface area contributed by atoms with Gasteiger partial charge >= 0.3 is 0 Å². The molecule has 2 nitrogen and oxygen atoms in total. The summed E-state index contributed by atoms with van der Waals surface area (Å²) in [5.74, 6) is 0. The van der Waals surface area contributed by atoms with Crippen LogP contribution in [-0.2, 0) is 6.54 Å². The average Bonchev–Trinajstić information content (AvgIpc) is 3.07. The molecule has 1 fully saturated rings. The highest BCUT2D eigenvalue weighted by atomic mass is 15.3. The lowest BCUT2D eigenvalue weighted by atomic mass is 10.0. The van der Waals surface area contributed by atoms with Crippen LogP contribution >= 0.6 is 0 Å². The van der Waals surface area contributed by atoms with Gasteiger partial charge in [0.2, 0.25) is 0 Å². The molecule has 0 saturated carbocycles. The zero-order chi connectivity index (χ0) is 20.8. The molecule has 2 heteroatoms. The van der Waals surface area contributed by atoms with Crippen LogP contribution in [0.5, 0.6) is 0 Å². The maximum absolute atomic E-state index is 2.44. The van der Waals surface area contributed by atoms with Gasteiger partial charge in [0.05, 0.1) is 26.2 Å². The van der Waals surface area contributed by atoms with E-state index in [4.69, 9.17) is 0 Å². The van der Waals surface area contributed by atoms with E-state index in [0.29, 0.717) is 6.04 Å². The Morgan fingerprint density at radius 1 is 0.828 bits per heavy atom. The van der Waals surface area contributed by atoms with Crippen molar-refractivity contribution in [3.05, 3.63) is 30.1 Å². The SMILES string of the molecule is CCCCCCCCCCCCCCCC[n+]1cccc([C@@H]2CCC[N+]2(C)C)c1. The molecular weight excluding hydrogens is 352 g/mol. The lowest BCUT2D eigenvalue weighted by Gasteiger charge is -2.31. The fraction of sp³-hybridized carbons (Fsp3) is 0.815. The molecule has 1 aliphatic heterocycles. The quantitative estimate of drug-likeness (QED) is 0.154. The Bertz CT molecular complexity index is 537. The molecule has 0 radical (unpaired) electrons. The molecule has 29 heavy (non-hydrogen) atoms. The summed E-state index contributed by atoms with van der Waals surface area (Å²) in [7, 11) is 4.78. The highest BCUT2D eigenvalue weighted by Crippen LogP contribution is 2.35. The van der Waals surface area contributed by atoms with Crippen molar-refractivity contribution in [2.24, 2.45) is 0 Å². The van der Waals surface area contributed by atoms with E-state index in [0.717, 1.165) is 4.48 Å². The van der Waals surface area contributed by atoms with Gasteiger partial charge in [-0.15, -0.1) is 0 Å². The molecule has 1 atom stereocenters. The zero-order valence-corrected chi connectivity index (χ0v) is 20.0. The summed E-state index contributed by atoms with van der Waals surface area (Å²) >= 11 is 0. The average molecular weight is 403 g/mol. The molecule has 2 rings (SSSR count). The molecule has 0 aliphatic carbocycles. The molecule has 0 unspecified atom stereocenters. The highest BCUT2D eigenvalue weighted by Gasteiger charge is 2.36. The largest absolute Gasteiger partial charge is 0.322 e. The van der Waals surface area contributed by atoms with E-state index in [2.05, 4.69) is 50.1 Å². The van der Waals surface area contributed by atoms with E-state index in [1.807, 2.05) is 0 Å². The number of rotatable bonds is 16. The van der Waals surface area contributed by atoms with Crippen molar-refractivity contribution in [1.82, 2.24) is 0 Å². The Labute approximate surface area is 182 Å². The van der Waals surface area contributed by atoms with Gasteiger partial charge in [0.15, 0.2) is 12.4 Å². The van der Waals surface area contributed by atoms with Gasteiger partial charge in [-0.2, -0.15) is 0 Å². The van der Waals surface area contributed by atoms with E-state index in [1.165, 1.54) is 116 Å². The van der Waals surface area contributed by atoms with Gasteiger partial charge in [0, 0.05) is 25.3 Å².